The molecule has 3 atom stereocenters. The SMILES string of the molecule is C[C@@H]1CCCC[C@@H]1OCCNC(=O)N[C@@H](c1nccs1)C1CC1. The zero-order valence-corrected chi connectivity index (χ0v) is 14.6. The summed E-state index contributed by atoms with van der Waals surface area (Å²) in [5.74, 6) is 1.19. The maximum atomic E-state index is 12.1. The molecule has 23 heavy (non-hydrogen) atoms. The third-order valence-electron chi connectivity index (χ3n) is 4.85. The third-order valence-corrected chi connectivity index (χ3v) is 5.71. The van der Waals surface area contributed by atoms with Crippen molar-refractivity contribution >= 4 is 17.4 Å². The van der Waals surface area contributed by atoms with Gasteiger partial charge >= 0.3 is 6.03 Å². The predicted molar refractivity (Wildman–Crippen MR) is 91.5 cm³/mol. The van der Waals surface area contributed by atoms with Crippen LogP contribution in [0, 0.1) is 11.8 Å². The van der Waals surface area contributed by atoms with Gasteiger partial charge in [-0.1, -0.05) is 19.8 Å². The lowest BCUT2D eigenvalue weighted by Crippen LogP contribution is -2.40. The molecule has 1 aromatic rings. The monoisotopic (exact) mass is 337 g/mol. The molecule has 0 aliphatic heterocycles. The van der Waals surface area contributed by atoms with Crippen molar-refractivity contribution in [2.75, 3.05) is 13.2 Å². The van der Waals surface area contributed by atoms with Gasteiger partial charge in [0.2, 0.25) is 0 Å². The molecular formula is C17H27N3O2S. The largest absolute Gasteiger partial charge is 0.376 e. The van der Waals surface area contributed by atoms with Crippen LogP contribution in [0.25, 0.3) is 0 Å². The Morgan fingerprint density at radius 3 is 2.91 bits per heavy atom. The number of hydrogen-bond donors (Lipinski definition) is 2. The fourth-order valence-corrected chi connectivity index (χ4v) is 4.08. The van der Waals surface area contributed by atoms with E-state index in [9.17, 15) is 4.79 Å². The van der Waals surface area contributed by atoms with Gasteiger partial charge in [0.05, 0.1) is 18.8 Å². The van der Waals surface area contributed by atoms with E-state index in [1.807, 2.05) is 5.38 Å². The van der Waals surface area contributed by atoms with Crippen LogP contribution in [0.4, 0.5) is 4.79 Å². The van der Waals surface area contributed by atoms with Gasteiger partial charge in [-0.05, 0) is 37.5 Å². The third kappa shape index (κ3) is 4.91. The summed E-state index contributed by atoms with van der Waals surface area (Å²) in [7, 11) is 0. The van der Waals surface area contributed by atoms with Gasteiger partial charge < -0.3 is 15.4 Å². The number of urea groups is 1. The minimum atomic E-state index is -0.114. The van der Waals surface area contributed by atoms with Gasteiger partial charge in [0.1, 0.15) is 5.01 Å². The summed E-state index contributed by atoms with van der Waals surface area (Å²) in [5.41, 5.74) is 0. The number of hydrogen-bond acceptors (Lipinski definition) is 4. The van der Waals surface area contributed by atoms with Gasteiger partial charge in [0.15, 0.2) is 0 Å². The van der Waals surface area contributed by atoms with Crippen molar-refractivity contribution in [3.8, 4) is 0 Å². The zero-order valence-electron chi connectivity index (χ0n) is 13.8. The van der Waals surface area contributed by atoms with E-state index in [-0.39, 0.29) is 12.1 Å². The first kappa shape index (κ1) is 16.7. The normalized spacial score (nSPS) is 25.8. The van der Waals surface area contributed by atoms with Gasteiger partial charge in [-0.3, -0.25) is 0 Å². The maximum Gasteiger partial charge on any atom is 0.315 e. The summed E-state index contributed by atoms with van der Waals surface area (Å²) < 4.78 is 5.93. The molecule has 0 unspecified atom stereocenters. The molecule has 6 heteroatoms. The van der Waals surface area contributed by atoms with Crippen LogP contribution >= 0.6 is 11.3 Å². The fraction of sp³-hybridized carbons (Fsp3) is 0.765. The Balaban J connectivity index is 1.36. The molecule has 5 nitrogen and oxygen atoms in total. The highest BCUT2D eigenvalue weighted by Gasteiger charge is 2.34. The first-order valence-corrected chi connectivity index (χ1v) is 9.67. The van der Waals surface area contributed by atoms with Crippen LogP contribution in [-0.2, 0) is 4.74 Å². The highest BCUT2D eigenvalue weighted by atomic mass is 32.1. The molecule has 0 radical (unpaired) electrons. The van der Waals surface area contributed by atoms with Crippen LogP contribution in [0.1, 0.15) is 56.5 Å². The lowest BCUT2D eigenvalue weighted by molar-refractivity contribution is -0.00245. The number of amides is 2. The Morgan fingerprint density at radius 1 is 1.39 bits per heavy atom. The van der Waals surface area contributed by atoms with Crippen molar-refractivity contribution in [2.45, 2.75) is 57.6 Å². The first-order valence-electron chi connectivity index (χ1n) is 8.79. The average Bonchev–Trinajstić information content (AvgIpc) is 3.25. The molecule has 0 aromatic carbocycles. The highest BCUT2D eigenvalue weighted by molar-refractivity contribution is 7.09. The van der Waals surface area contributed by atoms with E-state index in [0.717, 1.165) is 11.4 Å². The summed E-state index contributed by atoms with van der Waals surface area (Å²) in [4.78, 5) is 16.4. The van der Waals surface area contributed by atoms with Gasteiger partial charge in [-0.25, -0.2) is 9.78 Å². The molecule has 2 saturated carbocycles. The predicted octanol–water partition coefficient (Wildman–Crippen LogP) is 3.49. The van der Waals surface area contributed by atoms with E-state index in [0.29, 0.717) is 31.1 Å². The number of thiazole rings is 1. The second-order valence-electron chi connectivity index (χ2n) is 6.76. The van der Waals surface area contributed by atoms with E-state index in [1.54, 1.807) is 17.5 Å². The molecule has 128 valence electrons. The molecule has 2 amide bonds. The zero-order chi connectivity index (χ0) is 16.1. The molecule has 0 saturated heterocycles. The lowest BCUT2D eigenvalue weighted by atomic mass is 9.88. The molecule has 1 aromatic heterocycles. The number of carbonyl (C=O) groups is 1. The molecular weight excluding hydrogens is 310 g/mol. The summed E-state index contributed by atoms with van der Waals surface area (Å²) in [6.07, 6.45) is 9.51. The summed E-state index contributed by atoms with van der Waals surface area (Å²) >= 11 is 1.61. The minimum Gasteiger partial charge on any atom is -0.376 e. The topological polar surface area (TPSA) is 63.2 Å². The smallest absolute Gasteiger partial charge is 0.315 e. The number of nitrogens with one attached hydrogen (secondary N) is 2. The quantitative estimate of drug-likeness (QED) is 0.749. The Labute approximate surface area is 142 Å². The van der Waals surface area contributed by atoms with E-state index in [1.165, 1.54) is 32.1 Å². The second-order valence-corrected chi connectivity index (χ2v) is 7.68. The lowest BCUT2D eigenvalue weighted by Gasteiger charge is -2.28. The maximum absolute atomic E-state index is 12.1. The summed E-state index contributed by atoms with van der Waals surface area (Å²) in [5, 5.41) is 8.96. The second kappa shape index (κ2) is 8.11. The van der Waals surface area contributed by atoms with Gasteiger partial charge in [-0.15, -0.1) is 11.3 Å². The Bertz CT molecular complexity index is 490. The van der Waals surface area contributed by atoms with Crippen molar-refractivity contribution in [2.24, 2.45) is 11.8 Å². The molecule has 0 bridgehead atoms. The number of nitrogens with zero attached hydrogens (tertiary/aromatic N) is 1. The Morgan fingerprint density at radius 2 is 2.22 bits per heavy atom. The molecule has 0 spiro atoms. The summed E-state index contributed by atoms with van der Waals surface area (Å²) in [6, 6.07) is -0.0494. The number of rotatable bonds is 7. The van der Waals surface area contributed by atoms with Crippen LogP contribution < -0.4 is 10.6 Å². The molecule has 1 heterocycles. The molecule has 2 fully saturated rings. The first-order chi connectivity index (χ1) is 11.2. The van der Waals surface area contributed by atoms with Gasteiger partial charge in [0, 0.05) is 18.1 Å². The van der Waals surface area contributed by atoms with E-state index < -0.39 is 0 Å². The van der Waals surface area contributed by atoms with Crippen molar-refractivity contribution in [3.63, 3.8) is 0 Å². The van der Waals surface area contributed by atoms with Gasteiger partial charge in [0.25, 0.3) is 0 Å². The van der Waals surface area contributed by atoms with Gasteiger partial charge in [-0.2, -0.15) is 0 Å². The Kier molecular flexibility index (Phi) is 5.89. The molecule has 3 rings (SSSR count). The summed E-state index contributed by atoms with van der Waals surface area (Å²) in [6.45, 7) is 3.41. The minimum absolute atomic E-state index is 0.0642. The Hall–Kier alpha value is -1.14. The van der Waals surface area contributed by atoms with Crippen LogP contribution in [0.15, 0.2) is 11.6 Å². The molecule has 2 aliphatic carbocycles. The van der Waals surface area contributed by atoms with Crippen molar-refractivity contribution < 1.29 is 9.53 Å². The van der Waals surface area contributed by atoms with E-state index in [2.05, 4.69) is 22.5 Å². The molecule has 2 aliphatic rings. The fourth-order valence-electron chi connectivity index (χ4n) is 3.30. The van der Waals surface area contributed by atoms with Crippen LogP contribution in [0.5, 0.6) is 0 Å². The van der Waals surface area contributed by atoms with Crippen LogP contribution in [-0.4, -0.2) is 30.3 Å². The standard InChI is InChI=1S/C17H27N3O2S/c1-12-4-2-3-5-14(12)22-10-8-19-17(21)20-15(13-6-7-13)16-18-9-11-23-16/h9,11-15H,2-8,10H2,1H3,(H2,19,20,21)/t12-,14+,15-/m1/s1. The number of carbonyl (C=O) groups excluding carboxylic acids is 1. The van der Waals surface area contributed by atoms with E-state index in [4.69, 9.17) is 4.74 Å². The van der Waals surface area contributed by atoms with Crippen molar-refractivity contribution in [3.05, 3.63) is 16.6 Å². The highest BCUT2D eigenvalue weighted by Crippen LogP contribution is 2.41. The van der Waals surface area contributed by atoms with E-state index >= 15 is 0 Å². The van der Waals surface area contributed by atoms with Crippen molar-refractivity contribution in [1.82, 2.24) is 15.6 Å². The average molecular weight is 337 g/mol. The van der Waals surface area contributed by atoms with Crippen LogP contribution in [0.3, 0.4) is 0 Å². The van der Waals surface area contributed by atoms with Crippen molar-refractivity contribution in [1.29, 1.82) is 0 Å². The molecule has 2 N–H and O–H groups in total. The number of ether oxygens (including phenoxy) is 1. The number of aromatic nitrogens is 1. The van der Waals surface area contributed by atoms with Crippen LogP contribution in [0.2, 0.25) is 0 Å².